The first kappa shape index (κ1) is 22.1. The van der Waals surface area contributed by atoms with Gasteiger partial charge in [-0.15, -0.1) is 0 Å². The van der Waals surface area contributed by atoms with Gasteiger partial charge in [-0.05, 0) is 35.1 Å². The maximum absolute atomic E-state index is 12.8. The number of rotatable bonds is 9. The Bertz CT molecular complexity index is 744. The van der Waals surface area contributed by atoms with E-state index >= 15 is 0 Å². The number of ether oxygens (including phenoxy) is 1. The molecular formula is C24H32FNO2. The molecule has 28 heavy (non-hydrogen) atoms. The van der Waals surface area contributed by atoms with Crippen LogP contribution in [-0.2, 0) is 16.6 Å². The molecule has 2 aromatic rings. The second-order valence-corrected chi connectivity index (χ2v) is 8.49. The van der Waals surface area contributed by atoms with Crippen molar-refractivity contribution in [1.29, 1.82) is 0 Å². The van der Waals surface area contributed by atoms with E-state index in [1.54, 1.807) is 12.3 Å². The number of alkyl halides is 1. The molecule has 0 radical (unpaired) electrons. The van der Waals surface area contributed by atoms with E-state index < -0.39 is 12.8 Å². The van der Waals surface area contributed by atoms with Gasteiger partial charge in [0, 0.05) is 24.5 Å². The van der Waals surface area contributed by atoms with Gasteiger partial charge in [0.15, 0.2) is 0 Å². The number of benzene rings is 1. The number of pyridine rings is 1. The predicted octanol–water partition coefficient (Wildman–Crippen LogP) is 5.81. The lowest BCUT2D eigenvalue weighted by atomic mass is 9.86. The van der Waals surface area contributed by atoms with Crippen molar-refractivity contribution in [3.05, 3.63) is 59.4 Å². The molecular weight excluding hydrogens is 353 g/mol. The Morgan fingerprint density at radius 3 is 2.32 bits per heavy atom. The van der Waals surface area contributed by atoms with Gasteiger partial charge in [-0.2, -0.15) is 0 Å². The number of ketones is 1. The van der Waals surface area contributed by atoms with Crippen LogP contribution in [0.2, 0.25) is 0 Å². The average Bonchev–Trinajstić information content (AvgIpc) is 2.66. The van der Waals surface area contributed by atoms with Crippen LogP contribution in [0.5, 0.6) is 5.75 Å². The van der Waals surface area contributed by atoms with E-state index in [1.807, 2.05) is 32.0 Å². The first-order chi connectivity index (χ1) is 13.2. The van der Waals surface area contributed by atoms with Gasteiger partial charge < -0.3 is 4.74 Å². The second kappa shape index (κ2) is 9.81. The summed E-state index contributed by atoms with van der Waals surface area (Å²) in [5.74, 6) is 0.783. The fraction of sp³-hybridized carbons (Fsp3) is 0.500. The van der Waals surface area contributed by atoms with E-state index in [1.165, 1.54) is 5.56 Å². The average molecular weight is 386 g/mol. The van der Waals surface area contributed by atoms with Gasteiger partial charge in [-0.3, -0.25) is 9.78 Å². The van der Waals surface area contributed by atoms with Crippen LogP contribution in [0, 0.1) is 0 Å². The molecule has 0 amide bonds. The summed E-state index contributed by atoms with van der Waals surface area (Å²) in [7, 11) is 0. The van der Waals surface area contributed by atoms with E-state index in [-0.39, 0.29) is 17.1 Å². The molecule has 0 aliphatic rings. The molecule has 0 spiro atoms. The van der Waals surface area contributed by atoms with Gasteiger partial charge in [0.1, 0.15) is 24.3 Å². The number of halogens is 1. The highest BCUT2D eigenvalue weighted by molar-refractivity contribution is 5.81. The number of Topliss-reactive ketones (excluding diaryl/α,β-unsaturated/α-hetero) is 1. The van der Waals surface area contributed by atoms with Crippen molar-refractivity contribution >= 4 is 5.78 Å². The Labute approximate surface area is 168 Å². The summed E-state index contributed by atoms with van der Waals surface area (Å²) in [4.78, 5) is 16.9. The zero-order chi connectivity index (χ0) is 20.7. The lowest BCUT2D eigenvalue weighted by Gasteiger charge is -2.19. The summed E-state index contributed by atoms with van der Waals surface area (Å²) in [6, 6.07) is 12.0. The van der Waals surface area contributed by atoms with Gasteiger partial charge in [0.2, 0.25) is 0 Å². The molecule has 1 aromatic carbocycles. The van der Waals surface area contributed by atoms with Crippen LogP contribution in [0.4, 0.5) is 4.39 Å². The van der Waals surface area contributed by atoms with Crippen molar-refractivity contribution in [2.75, 3.05) is 6.67 Å². The maximum atomic E-state index is 12.8. The van der Waals surface area contributed by atoms with E-state index in [9.17, 15) is 9.18 Å². The van der Waals surface area contributed by atoms with E-state index in [2.05, 4.69) is 37.9 Å². The molecule has 0 saturated heterocycles. The molecule has 0 saturated carbocycles. The third-order valence-electron chi connectivity index (χ3n) is 4.95. The number of nitrogens with zero attached hydrogens (tertiary/aromatic N) is 1. The van der Waals surface area contributed by atoms with Crippen molar-refractivity contribution in [1.82, 2.24) is 4.98 Å². The van der Waals surface area contributed by atoms with Crippen LogP contribution in [0.15, 0.2) is 42.6 Å². The largest absolute Gasteiger partial charge is 0.486 e. The first-order valence-electron chi connectivity index (χ1n) is 10.0. The fourth-order valence-corrected chi connectivity index (χ4v) is 3.04. The third-order valence-corrected chi connectivity index (χ3v) is 4.95. The quantitative estimate of drug-likeness (QED) is 0.547. The van der Waals surface area contributed by atoms with Crippen LogP contribution in [0.1, 0.15) is 70.2 Å². The lowest BCUT2D eigenvalue weighted by Crippen LogP contribution is -2.17. The Morgan fingerprint density at radius 2 is 1.82 bits per heavy atom. The minimum atomic E-state index is -0.514. The Morgan fingerprint density at radius 1 is 1.14 bits per heavy atom. The van der Waals surface area contributed by atoms with Crippen LogP contribution in [0.25, 0.3) is 0 Å². The monoisotopic (exact) mass is 385 g/mol. The molecule has 3 nitrogen and oxygen atoms in total. The molecule has 2 atom stereocenters. The van der Waals surface area contributed by atoms with Crippen molar-refractivity contribution in [2.45, 2.75) is 71.3 Å². The molecule has 0 N–H and O–H groups in total. The van der Waals surface area contributed by atoms with Crippen molar-refractivity contribution in [2.24, 2.45) is 0 Å². The van der Waals surface area contributed by atoms with E-state index in [0.29, 0.717) is 25.0 Å². The van der Waals surface area contributed by atoms with Crippen LogP contribution >= 0.6 is 0 Å². The van der Waals surface area contributed by atoms with Gasteiger partial charge >= 0.3 is 0 Å². The highest BCUT2D eigenvalue weighted by Gasteiger charge is 2.16. The molecule has 0 aliphatic heterocycles. The van der Waals surface area contributed by atoms with Crippen LogP contribution in [-0.4, -0.2) is 23.5 Å². The molecule has 0 bridgehead atoms. The summed E-state index contributed by atoms with van der Waals surface area (Å²) in [5, 5.41) is 0. The van der Waals surface area contributed by atoms with Gasteiger partial charge in [-0.25, -0.2) is 4.39 Å². The highest BCUT2D eigenvalue weighted by Crippen LogP contribution is 2.24. The molecule has 1 heterocycles. The summed E-state index contributed by atoms with van der Waals surface area (Å²) in [6.45, 7) is 9.91. The van der Waals surface area contributed by atoms with Crippen LogP contribution < -0.4 is 4.74 Å². The molecule has 152 valence electrons. The molecule has 0 aliphatic carbocycles. The number of hydrogen-bond donors (Lipinski definition) is 0. The fourth-order valence-electron chi connectivity index (χ4n) is 3.04. The van der Waals surface area contributed by atoms with Crippen molar-refractivity contribution in [3.63, 3.8) is 0 Å². The smallest absolute Gasteiger partial charge is 0.138 e. The van der Waals surface area contributed by atoms with Gasteiger partial charge in [0.05, 0.1) is 6.20 Å². The second-order valence-electron chi connectivity index (χ2n) is 8.49. The van der Waals surface area contributed by atoms with Gasteiger partial charge in [-0.1, -0.05) is 58.9 Å². The summed E-state index contributed by atoms with van der Waals surface area (Å²) >= 11 is 0. The summed E-state index contributed by atoms with van der Waals surface area (Å²) in [6.07, 6.45) is 2.66. The normalized spacial score (nSPS) is 13.8. The predicted molar refractivity (Wildman–Crippen MR) is 112 cm³/mol. The standard InChI is InChI=1S/C24H32FNO2/c1-6-21(15-25)28-22-11-12-23(26-16-22)17(2)13-20(27)14-18-7-9-19(10-8-18)24(3,4)5/h7-12,16-17,21H,6,13-15H2,1-5H3. The zero-order valence-corrected chi connectivity index (χ0v) is 17.7. The third kappa shape index (κ3) is 6.43. The Kier molecular flexibility index (Phi) is 7.73. The van der Waals surface area contributed by atoms with Crippen LogP contribution in [0.3, 0.4) is 0 Å². The molecule has 0 fully saturated rings. The lowest BCUT2D eigenvalue weighted by molar-refractivity contribution is -0.118. The van der Waals surface area contributed by atoms with Gasteiger partial charge in [0.25, 0.3) is 0 Å². The highest BCUT2D eigenvalue weighted by atomic mass is 19.1. The summed E-state index contributed by atoms with van der Waals surface area (Å²) < 4.78 is 18.3. The minimum Gasteiger partial charge on any atom is -0.486 e. The summed E-state index contributed by atoms with van der Waals surface area (Å²) in [5.41, 5.74) is 3.26. The number of aromatic nitrogens is 1. The number of hydrogen-bond acceptors (Lipinski definition) is 3. The molecule has 1 aromatic heterocycles. The maximum Gasteiger partial charge on any atom is 0.138 e. The number of carbonyl (C=O) groups excluding carboxylic acids is 1. The number of carbonyl (C=O) groups is 1. The topological polar surface area (TPSA) is 39.2 Å². The first-order valence-corrected chi connectivity index (χ1v) is 10.0. The van der Waals surface area contributed by atoms with E-state index in [4.69, 9.17) is 4.74 Å². The van der Waals surface area contributed by atoms with Crippen molar-refractivity contribution < 1.29 is 13.9 Å². The Balaban J connectivity index is 1.91. The molecule has 4 heteroatoms. The Hall–Kier alpha value is -2.23. The van der Waals surface area contributed by atoms with E-state index in [0.717, 1.165) is 11.3 Å². The SMILES string of the molecule is CCC(CF)Oc1ccc(C(C)CC(=O)Cc2ccc(C(C)(C)C)cc2)nc1. The minimum absolute atomic E-state index is 0.0264. The molecule has 2 rings (SSSR count). The van der Waals surface area contributed by atoms with Crippen molar-refractivity contribution in [3.8, 4) is 5.75 Å². The molecule has 2 unspecified atom stereocenters. The zero-order valence-electron chi connectivity index (χ0n) is 17.7.